The fourth-order valence-electron chi connectivity index (χ4n) is 2.05. The van der Waals surface area contributed by atoms with E-state index in [4.69, 9.17) is 11.6 Å². The van der Waals surface area contributed by atoms with Gasteiger partial charge in [-0.2, -0.15) is 5.11 Å². The number of nitrogens with zero attached hydrogens (tertiary/aromatic N) is 3. The van der Waals surface area contributed by atoms with E-state index in [0.29, 0.717) is 5.02 Å². The highest BCUT2D eigenvalue weighted by Gasteiger charge is 2.04. The molecule has 4 heteroatoms. The minimum Gasteiger partial charge on any atom is -0.348 e. The summed E-state index contributed by atoms with van der Waals surface area (Å²) in [5, 5.41) is 10.3. The van der Waals surface area contributed by atoms with E-state index in [0.717, 1.165) is 22.3 Å². The molecular weight excluding hydrogens is 258 g/mol. The van der Waals surface area contributed by atoms with Crippen LogP contribution in [0, 0.1) is 0 Å². The van der Waals surface area contributed by atoms with E-state index in [1.54, 1.807) is 6.07 Å². The lowest BCUT2D eigenvalue weighted by Gasteiger charge is -1.93. The maximum atomic E-state index is 5.92. The number of benzene rings is 2. The average molecular weight is 270 g/mol. The van der Waals surface area contributed by atoms with E-state index in [1.165, 1.54) is 0 Å². The predicted molar refractivity (Wildman–Crippen MR) is 78.5 cm³/mol. The fourth-order valence-corrected chi connectivity index (χ4v) is 2.23. The first-order chi connectivity index (χ1) is 9.24. The summed E-state index contributed by atoms with van der Waals surface area (Å²) in [5.41, 5.74) is 2.75. The fraction of sp³-hybridized carbons (Fsp3) is 0.0667. The maximum absolute atomic E-state index is 5.92. The summed E-state index contributed by atoms with van der Waals surface area (Å²) in [5.74, 6) is 0. The van der Waals surface area contributed by atoms with Crippen LogP contribution in [-0.2, 0) is 7.05 Å². The third-order valence-electron chi connectivity index (χ3n) is 2.96. The van der Waals surface area contributed by atoms with Gasteiger partial charge < -0.3 is 4.57 Å². The third kappa shape index (κ3) is 2.37. The largest absolute Gasteiger partial charge is 0.348 e. The van der Waals surface area contributed by atoms with Crippen LogP contribution in [0.2, 0.25) is 5.02 Å². The molecule has 0 aliphatic heterocycles. The van der Waals surface area contributed by atoms with Crippen LogP contribution in [0.1, 0.15) is 0 Å². The van der Waals surface area contributed by atoms with Gasteiger partial charge in [-0.05, 0) is 24.3 Å². The summed E-state index contributed by atoms with van der Waals surface area (Å²) in [6.07, 6.45) is 1.97. The monoisotopic (exact) mass is 269 g/mol. The van der Waals surface area contributed by atoms with Gasteiger partial charge in [0.15, 0.2) is 0 Å². The second-order valence-corrected chi connectivity index (χ2v) is 4.76. The summed E-state index contributed by atoms with van der Waals surface area (Å²) >= 11 is 5.92. The molecule has 0 unspecified atom stereocenters. The number of hydrogen-bond donors (Lipinski definition) is 0. The SMILES string of the molecule is Cn1cc(N=Nc2cccc(Cl)c2)c2ccccc21. The Hall–Kier alpha value is -2.13. The van der Waals surface area contributed by atoms with Gasteiger partial charge in [-0.15, -0.1) is 5.11 Å². The van der Waals surface area contributed by atoms with E-state index in [1.807, 2.05) is 54.2 Å². The summed E-state index contributed by atoms with van der Waals surface area (Å²) in [7, 11) is 2.00. The molecule has 0 N–H and O–H groups in total. The summed E-state index contributed by atoms with van der Waals surface area (Å²) in [6, 6.07) is 15.5. The lowest BCUT2D eigenvalue weighted by atomic mass is 10.2. The van der Waals surface area contributed by atoms with Gasteiger partial charge in [-0.1, -0.05) is 35.9 Å². The Balaban J connectivity index is 2.02. The van der Waals surface area contributed by atoms with Crippen molar-refractivity contribution in [3.8, 4) is 0 Å². The molecule has 3 aromatic rings. The first kappa shape index (κ1) is 11.9. The van der Waals surface area contributed by atoms with Crippen LogP contribution in [-0.4, -0.2) is 4.57 Å². The molecule has 1 aromatic heterocycles. The number of rotatable bonds is 2. The molecule has 0 saturated heterocycles. The third-order valence-corrected chi connectivity index (χ3v) is 3.19. The van der Waals surface area contributed by atoms with Crippen molar-refractivity contribution >= 4 is 33.9 Å². The Labute approximate surface area is 116 Å². The molecule has 1 heterocycles. The first-order valence-electron chi connectivity index (χ1n) is 5.95. The molecule has 0 spiro atoms. The summed E-state index contributed by atoms with van der Waals surface area (Å²) in [4.78, 5) is 0. The van der Waals surface area contributed by atoms with E-state index < -0.39 is 0 Å². The summed E-state index contributed by atoms with van der Waals surface area (Å²) in [6.45, 7) is 0. The Bertz CT molecular complexity index is 759. The number of para-hydroxylation sites is 1. The predicted octanol–water partition coefficient (Wildman–Crippen LogP) is 5.25. The van der Waals surface area contributed by atoms with Gasteiger partial charge in [0, 0.05) is 23.7 Å². The summed E-state index contributed by atoms with van der Waals surface area (Å²) < 4.78 is 2.04. The number of azo groups is 1. The highest BCUT2D eigenvalue weighted by Crippen LogP contribution is 2.29. The average Bonchev–Trinajstić information content (AvgIpc) is 2.74. The zero-order valence-corrected chi connectivity index (χ0v) is 11.2. The second kappa shape index (κ2) is 4.86. The molecule has 0 aliphatic rings. The van der Waals surface area contributed by atoms with Gasteiger partial charge in [-0.25, -0.2) is 0 Å². The van der Waals surface area contributed by atoms with Gasteiger partial charge in [-0.3, -0.25) is 0 Å². The maximum Gasteiger partial charge on any atom is 0.111 e. The van der Waals surface area contributed by atoms with E-state index in [9.17, 15) is 0 Å². The Kier molecular flexibility index (Phi) is 3.05. The van der Waals surface area contributed by atoms with Crippen molar-refractivity contribution in [1.82, 2.24) is 4.57 Å². The van der Waals surface area contributed by atoms with E-state index in [-0.39, 0.29) is 0 Å². The van der Waals surface area contributed by atoms with Crippen LogP contribution >= 0.6 is 11.6 Å². The van der Waals surface area contributed by atoms with Gasteiger partial charge in [0.2, 0.25) is 0 Å². The molecule has 94 valence electrons. The van der Waals surface area contributed by atoms with Gasteiger partial charge >= 0.3 is 0 Å². The molecule has 0 bridgehead atoms. The zero-order chi connectivity index (χ0) is 13.2. The molecule has 0 fully saturated rings. The number of aromatic nitrogens is 1. The molecule has 0 radical (unpaired) electrons. The highest BCUT2D eigenvalue weighted by molar-refractivity contribution is 6.30. The topological polar surface area (TPSA) is 29.6 Å². The number of aryl methyl sites for hydroxylation is 1. The van der Waals surface area contributed by atoms with Crippen LogP contribution < -0.4 is 0 Å². The van der Waals surface area contributed by atoms with Crippen LogP contribution in [0.4, 0.5) is 11.4 Å². The van der Waals surface area contributed by atoms with Gasteiger partial charge in [0.25, 0.3) is 0 Å². The van der Waals surface area contributed by atoms with Crippen molar-refractivity contribution in [3.05, 3.63) is 59.8 Å². The zero-order valence-electron chi connectivity index (χ0n) is 10.4. The quantitative estimate of drug-likeness (QED) is 0.569. The van der Waals surface area contributed by atoms with Crippen LogP contribution in [0.3, 0.4) is 0 Å². The highest BCUT2D eigenvalue weighted by atomic mass is 35.5. The number of hydrogen-bond acceptors (Lipinski definition) is 2. The van der Waals surface area contributed by atoms with Gasteiger partial charge in [0.1, 0.15) is 5.69 Å². The van der Waals surface area contributed by atoms with E-state index in [2.05, 4.69) is 16.3 Å². The minimum absolute atomic E-state index is 0.661. The van der Waals surface area contributed by atoms with Crippen molar-refractivity contribution in [2.24, 2.45) is 17.3 Å². The van der Waals surface area contributed by atoms with E-state index >= 15 is 0 Å². The molecule has 3 nitrogen and oxygen atoms in total. The minimum atomic E-state index is 0.661. The molecule has 0 saturated carbocycles. The Morgan fingerprint density at radius 1 is 1.00 bits per heavy atom. The second-order valence-electron chi connectivity index (χ2n) is 4.32. The molecule has 0 atom stereocenters. The number of halogens is 1. The molecule has 0 aliphatic carbocycles. The standard InChI is InChI=1S/C15H12ClN3/c1-19-10-14(13-7-2-3-8-15(13)19)18-17-12-6-4-5-11(16)9-12/h2-10H,1H3. The van der Waals surface area contributed by atoms with Crippen molar-refractivity contribution in [1.29, 1.82) is 0 Å². The molecule has 0 amide bonds. The first-order valence-corrected chi connectivity index (χ1v) is 6.33. The van der Waals surface area contributed by atoms with Crippen molar-refractivity contribution in [3.63, 3.8) is 0 Å². The number of fused-ring (bicyclic) bond motifs is 1. The van der Waals surface area contributed by atoms with Crippen molar-refractivity contribution in [2.75, 3.05) is 0 Å². The molecule has 19 heavy (non-hydrogen) atoms. The Morgan fingerprint density at radius 3 is 2.68 bits per heavy atom. The van der Waals surface area contributed by atoms with Crippen LogP contribution in [0.25, 0.3) is 10.9 Å². The van der Waals surface area contributed by atoms with Crippen molar-refractivity contribution < 1.29 is 0 Å². The van der Waals surface area contributed by atoms with Gasteiger partial charge in [0.05, 0.1) is 11.2 Å². The Morgan fingerprint density at radius 2 is 1.84 bits per heavy atom. The molecular formula is C15H12ClN3. The smallest absolute Gasteiger partial charge is 0.111 e. The lowest BCUT2D eigenvalue weighted by Crippen LogP contribution is -1.81. The van der Waals surface area contributed by atoms with Crippen LogP contribution in [0.5, 0.6) is 0 Å². The van der Waals surface area contributed by atoms with Crippen molar-refractivity contribution in [2.45, 2.75) is 0 Å². The van der Waals surface area contributed by atoms with Crippen LogP contribution in [0.15, 0.2) is 65.0 Å². The normalized spacial score (nSPS) is 11.5. The molecule has 2 aromatic carbocycles. The lowest BCUT2D eigenvalue weighted by molar-refractivity contribution is 0.967. The molecule has 3 rings (SSSR count).